The average molecular weight is 346 g/mol. The number of para-hydroxylation sites is 1. The lowest BCUT2D eigenvalue weighted by Gasteiger charge is -2.34. The van der Waals surface area contributed by atoms with Crippen LogP contribution in [0, 0.1) is 11.6 Å². The van der Waals surface area contributed by atoms with Crippen LogP contribution < -0.4 is 4.74 Å². The lowest BCUT2D eigenvalue weighted by molar-refractivity contribution is 0.0628. The summed E-state index contributed by atoms with van der Waals surface area (Å²) < 4.78 is 32.2. The molecule has 2 amide bonds. The van der Waals surface area contributed by atoms with E-state index in [0.717, 1.165) is 18.2 Å². The second-order valence-corrected chi connectivity index (χ2v) is 5.58. The molecule has 1 saturated heterocycles. The summed E-state index contributed by atoms with van der Waals surface area (Å²) >= 11 is 0. The van der Waals surface area contributed by atoms with Crippen LogP contribution in [0.3, 0.4) is 0 Å². The third-order valence-corrected chi connectivity index (χ3v) is 3.93. The minimum Gasteiger partial charge on any atom is -0.410 e. The van der Waals surface area contributed by atoms with E-state index in [1.165, 1.54) is 9.80 Å². The Hall–Kier alpha value is -2.96. The molecule has 2 aromatic carbocycles. The fourth-order valence-corrected chi connectivity index (χ4v) is 2.58. The Morgan fingerprint density at radius 3 is 2.20 bits per heavy atom. The van der Waals surface area contributed by atoms with Gasteiger partial charge in [0, 0.05) is 26.2 Å². The zero-order valence-electron chi connectivity index (χ0n) is 13.3. The molecule has 0 saturated carbocycles. The Kier molecular flexibility index (Phi) is 4.92. The molecule has 0 aliphatic carbocycles. The number of nitrogens with zero attached hydrogens (tertiary/aromatic N) is 2. The van der Waals surface area contributed by atoms with Gasteiger partial charge in [0.25, 0.3) is 5.91 Å². The Morgan fingerprint density at radius 1 is 0.880 bits per heavy atom. The van der Waals surface area contributed by atoms with Crippen LogP contribution in [0.25, 0.3) is 0 Å². The van der Waals surface area contributed by atoms with Crippen molar-refractivity contribution in [2.45, 2.75) is 0 Å². The van der Waals surface area contributed by atoms with Crippen LogP contribution in [0.1, 0.15) is 10.4 Å². The summed E-state index contributed by atoms with van der Waals surface area (Å²) in [5.74, 6) is -1.59. The van der Waals surface area contributed by atoms with Crippen molar-refractivity contribution in [2.24, 2.45) is 0 Å². The van der Waals surface area contributed by atoms with Gasteiger partial charge in [-0.05, 0) is 30.3 Å². The zero-order chi connectivity index (χ0) is 17.8. The number of hydrogen-bond donors (Lipinski definition) is 0. The number of amides is 2. The number of piperazine rings is 1. The van der Waals surface area contributed by atoms with Gasteiger partial charge in [-0.1, -0.05) is 18.2 Å². The predicted molar refractivity (Wildman–Crippen MR) is 86.3 cm³/mol. The quantitative estimate of drug-likeness (QED) is 0.840. The standard InChI is InChI=1S/C18H16F2N2O3/c19-13-6-7-16(20)15(12-13)17(23)21-8-10-22(11-9-21)18(24)25-14-4-2-1-3-5-14/h1-7,12H,8-11H2. The molecule has 0 unspecified atom stereocenters. The van der Waals surface area contributed by atoms with Gasteiger partial charge in [-0.2, -0.15) is 0 Å². The van der Waals surface area contributed by atoms with E-state index in [1.54, 1.807) is 24.3 Å². The van der Waals surface area contributed by atoms with Crippen LogP contribution in [-0.4, -0.2) is 48.0 Å². The number of halogens is 2. The molecule has 0 bridgehead atoms. The highest BCUT2D eigenvalue weighted by Gasteiger charge is 2.27. The highest BCUT2D eigenvalue weighted by molar-refractivity contribution is 5.94. The van der Waals surface area contributed by atoms with E-state index in [-0.39, 0.29) is 31.7 Å². The van der Waals surface area contributed by atoms with Crippen LogP contribution in [0.15, 0.2) is 48.5 Å². The maximum atomic E-state index is 13.7. The van der Waals surface area contributed by atoms with Gasteiger partial charge in [0.1, 0.15) is 17.4 Å². The Bertz CT molecular complexity index is 775. The van der Waals surface area contributed by atoms with Crippen molar-refractivity contribution in [3.8, 4) is 5.75 Å². The molecule has 7 heteroatoms. The van der Waals surface area contributed by atoms with Crippen molar-refractivity contribution < 1.29 is 23.1 Å². The van der Waals surface area contributed by atoms with Gasteiger partial charge in [0.2, 0.25) is 0 Å². The average Bonchev–Trinajstić information content (AvgIpc) is 2.64. The molecule has 3 rings (SSSR count). The molecular formula is C18H16F2N2O3. The smallest absolute Gasteiger partial charge is 0.410 e. The normalized spacial score (nSPS) is 14.3. The minimum atomic E-state index is -0.766. The fourth-order valence-electron chi connectivity index (χ4n) is 2.58. The molecule has 1 fully saturated rings. The SMILES string of the molecule is O=C(Oc1ccccc1)N1CCN(C(=O)c2cc(F)ccc2F)CC1. The Balaban J connectivity index is 1.59. The van der Waals surface area contributed by atoms with Gasteiger partial charge in [-0.3, -0.25) is 4.79 Å². The molecule has 2 aromatic rings. The van der Waals surface area contributed by atoms with Crippen LogP contribution in [0.2, 0.25) is 0 Å². The van der Waals surface area contributed by atoms with Gasteiger partial charge >= 0.3 is 6.09 Å². The number of rotatable bonds is 2. The van der Waals surface area contributed by atoms with Crippen LogP contribution in [0.4, 0.5) is 13.6 Å². The van der Waals surface area contributed by atoms with Crippen molar-refractivity contribution in [1.29, 1.82) is 0 Å². The van der Waals surface area contributed by atoms with Crippen LogP contribution in [0.5, 0.6) is 5.75 Å². The minimum absolute atomic E-state index is 0.221. The molecule has 0 atom stereocenters. The van der Waals surface area contributed by atoms with Crippen molar-refractivity contribution >= 4 is 12.0 Å². The fraction of sp³-hybridized carbons (Fsp3) is 0.222. The first-order valence-corrected chi connectivity index (χ1v) is 7.81. The summed E-state index contributed by atoms with van der Waals surface area (Å²) in [7, 11) is 0. The number of benzene rings is 2. The molecule has 25 heavy (non-hydrogen) atoms. The molecule has 5 nitrogen and oxygen atoms in total. The summed E-state index contributed by atoms with van der Waals surface area (Å²) in [5, 5.41) is 0. The molecule has 1 aliphatic rings. The summed E-state index contributed by atoms with van der Waals surface area (Å²) in [5.41, 5.74) is -0.305. The molecule has 0 aromatic heterocycles. The first kappa shape index (κ1) is 16.9. The highest BCUT2D eigenvalue weighted by Crippen LogP contribution is 2.15. The number of carbonyl (C=O) groups is 2. The molecule has 0 N–H and O–H groups in total. The van der Waals surface area contributed by atoms with E-state index in [0.29, 0.717) is 5.75 Å². The number of carbonyl (C=O) groups excluding carboxylic acids is 2. The largest absolute Gasteiger partial charge is 0.415 e. The van der Waals surface area contributed by atoms with Gasteiger partial charge in [-0.15, -0.1) is 0 Å². The van der Waals surface area contributed by atoms with Crippen molar-refractivity contribution in [1.82, 2.24) is 9.80 Å². The Morgan fingerprint density at radius 2 is 1.52 bits per heavy atom. The summed E-state index contributed by atoms with van der Waals surface area (Å²) in [6.07, 6.45) is -0.504. The van der Waals surface area contributed by atoms with Crippen molar-refractivity contribution in [3.05, 3.63) is 65.7 Å². The number of ether oxygens (including phenoxy) is 1. The lowest BCUT2D eigenvalue weighted by Crippen LogP contribution is -2.51. The third kappa shape index (κ3) is 3.93. The summed E-state index contributed by atoms with van der Waals surface area (Å²) in [6.45, 7) is 0.958. The second-order valence-electron chi connectivity index (χ2n) is 5.58. The van der Waals surface area contributed by atoms with Crippen molar-refractivity contribution in [3.63, 3.8) is 0 Å². The van der Waals surface area contributed by atoms with E-state index in [1.807, 2.05) is 6.07 Å². The summed E-state index contributed by atoms with van der Waals surface area (Å²) in [6, 6.07) is 11.4. The van der Waals surface area contributed by atoms with Gasteiger partial charge < -0.3 is 14.5 Å². The second kappa shape index (κ2) is 7.29. The molecular weight excluding hydrogens is 330 g/mol. The van der Waals surface area contributed by atoms with E-state index in [2.05, 4.69) is 0 Å². The van der Waals surface area contributed by atoms with Gasteiger partial charge in [0.05, 0.1) is 5.56 Å². The monoisotopic (exact) mass is 346 g/mol. The molecule has 130 valence electrons. The molecule has 1 aliphatic heterocycles. The first-order chi connectivity index (χ1) is 12.0. The Labute approximate surface area is 143 Å². The van der Waals surface area contributed by atoms with Gasteiger partial charge in [-0.25, -0.2) is 13.6 Å². The van der Waals surface area contributed by atoms with E-state index in [4.69, 9.17) is 4.74 Å². The first-order valence-electron chi connectivity index (χ1n) is 7.81. The van der Waals surface area contributed by atoms with E-state index < -0.39 is 23.6 Å². The predicted octanol–water partition coefficient (Wildman–Crippen LogP) is 2.92. The van der Waals surface area contributed by atoms with Crippen molar-refractivity contribution in [2.75, 3.05) is 26.2 Å². The maximum absolute atomic E-state index is 13.7. The maximum Gasteiger partial charge on any atom is 0.415 e. The van der Waals surface area contributed by atoms with Crippen LogP contribution in [-0.2, 0) is 0 Å². The third-order valence-electron chi connectivity index (χ3n) is 3.93. The summed E-state index contributed by atoms with van der Waals surface area (Å²) in [4.78, 5) is 27.3. The zero-order valence-corrected chi connectivity index (χ0v) is 13.3. The molecule has 0 spiro atoms. The molecule has 0 radical (unpaired) electrons. The molecule has 1 heterocycles. The van der Waals surface area contributed by atoms with E-state index >= 15 is 0 Å². The lowest BCUT2D eigenvalue weighted by atomic mass is 10.1. The number of hydrogen-bond acceptors (Lipinski definition) is 3. The highest BCUT2D eigenvalue weighted by atomic mass is 19.1. The van der Waals surface area contributed by atoms with Crippen LogP contribution >= 0.6 is 0 Å². The van der Waals surface area contributed by atoms with E-state index in [9.17, 15) is 18.4 Å². The topological polar surface area (TPSA) is 49.9 Å². The van der Waals surface area contributed by atoms with Gasteiger partial charge in [0.15, 0.2) is 0 Å².